The van der Waals surface area contributed by atoms with Gasteiger partial charge in [-0.3, -0.25) is 0 Å². The lowest BCUT2D eigenvalue weighted by atomic mass is 9.69. The van der Waals surface area contributed by atoms with Crippen molar-refractivity contribution in [1.82, 2.24) is 0 Å². The van der Waals surface area contributed by atoms with Gasteiger partial charge in [0, 0.05) is 92.3 Å². The van der Waals surface area contributed by atoms with Gasteiger partial charge < -0.3 is 28.4 Å². The van der Waals surface area contributed by atoms with Gasteiger partial charge in [0.15, 0.2) is 0 Å². The third-order valence-electron chi connectivity index (χ3n) is 14.1. The number of hydrogen-bond donors (Lipinski definition) is 0. The molecule has 6 aromatic carbocycles. The van der Waals surface area contributed by atoms with E-state index in [0.717, 1.165) is 60.2 Å². The van der Waals surface area contributed by atoms with Crippen molar-refractivity contribution in [2.24, 2.45) is 0 Å². The first kappa shape index (κ1) is 39.6. The van der Waals surface area contributed by atoms with Crippen LogP contribution in [0, 0.1) is 13.8 Å². The van der Waals surface area contributed by atoms with E-state index in [2.05, 4.69) is 139 Å². The number of benzene rings is 6. The van der Waals surface area contributed by atoms with E-state index in [4.69, 9.17) is 28.4 Å². The van der Waals surface area contributed by atoms with Crippen molar-refractivity contribution in [1.29, 1.82) is 0 Å². The lowest BCUT2D eigenvalue weighted by Crippen LogP contribution is -2.57. The molecule has 12 rings (SSSR count). The van der Waals surface area contributed by atoms with Gasteiger partial charge in [-0.05, 0) is 75.2 Å². The number of para-hydroxylation sites is 4. The summed E-state index contributed by atoms with van der Waals surface area (Å²) in [5.74, 6) is 4.99. The van der Waals surface area contributed by atoms with Gasteiger partial charge in [-0.2, -0.15) is 0 Å². The minimum Gasteiger partial charge on any atom is -0.492 e. The summed E-state index contributed by atoms with van der Waals surface area (Å²) < 4.78 is 41.8. The first-order chi connectivity index (χ1) is 30.5. The maximum Gasteiger partial charge on any atom is 0.253 e. The van der Waals surface area contributed by atoms with E-state index in [1.165, 1.54) is 76.3 Å². The zero-order valence-electron chi connectivity index (χ0n) is 37.2. The molecule has 0 aliphatic carbocycles. The van der Waals surface area contributed by atoms with E-state index in [9.17, 15) is 0 Å². The average Bonchev–Trinajstić information content (AvgIpc) is 4.09. The van der Waals surface area contributed by atoms with Crippen LogP contribution in [0.15, 0.2) is 97.1 Å². The van der Waals surface area contributed by atoms with E-state index in [1.54, 1.807) is 0 Å². The van der Waals surface area contributed by atoms with Crippen molar-refractivity contribution < 1.29 is 28.4 Å². The first-order valence-corrected chi connectivity index (χ1v) is 25.4. The van der Waals surface area contributed by atoms with Crippen molar-refractivity contribution in [2.45, 2.75) is 96.7 Å². The summed E-state index contributed by atoms with van der Waals surface area (Å²) in [5.41, 5.74) is 9.40. The van der Waals surface area contributed by atoms with Crippen LogP contribution in [0.3, 0.4) is 0 Å². The maximum atomic E-state index is 7.83. The minimum atomic E-state index is -1.18. The average molecular weight is 873 g/mol. The lowest BCUT2D eigenvalue weighted by molar-refractivity contribution is -0.165. The molecule has 0 fully saturated rings. The molecule has 0 unspecified atom stereocenters. The van der Waals surface area contributed by atoms with Gasteiger partial charge in [-0.1, -0.05) is 113 Å². The van der Waals surface area contributed by atoms with Crippen LogP contribution in [0.4, 0.5) is 0 Å². The Morgan fingerprint density at radius 3 is 1.03 bits per heavy atom. The third-order valence-corrected chi connectivity index (χ3v) is 19.1. The van der Waals surface area contributed by atoms with Crippen LogP contribution in [-0.4, -0.2) is 32.2 Å². The van der Waals surface area contributed by atoms with Gasteiger partial charge in [-0.25, -0.2) is 0 Å². The highest BCUT2D eigenvalue weighted by Crippen LogP contribution is 2.58. The summed E-state index contributed by atoms with van der Waals surface area (Å²) in [6, 6.07) is 36.3. The zero-order chi connectivity index (χ0) is 42.8. The Hall–Kier alpha value is -5.02. The Morgan fingerprint density at radius 2 is 0.714 bits per heavy atom. The molecule has 6 nitrogen and oxygen atoms in total. The van der Waals surface area contributed by atoms with Crippen LogP contribution in [-0.2, 0) is 36.5 Å². The molecule has 8 heteroatoms. The monoisotopic (exact) mass is 872 g/mol. The Bertz CT molecular complexity index is 2570. The van der Waals surface area contributed by atoms with Crippen molar-refractivity contribution >= 4 is 47.7 Å². The molecule has 320 valence electrons. The molecule has 6 aliphatic rings. The number of hydrogen-bond acceptors (Lipinski definition) is 6. The predicted molar refractivity (Wildman–Crippen MR) is 256 cm³/mol. The smallest absolute Gasteiger partial charge is 0.253 e. The predicted octanol–water partition coefficient (Wildman–Crippen LogP) is 9.08. The SMILES string of the molecule is Cc1cc(P(c2cccc3c2OCC3)c2cccc3c2OCC3)c2c(c1)C(C)(C)CC1(CC(C)(C)c3cc(C)cc(P(c4cccc5c4OCC5)c4cccc5c4OCC5)c3O1)O2. The normalized spacial score (nSPS) is 18.8. The summed E-state index contributed by atoms with van der Waals surface area (Å²) in [4.78, 5) is 0. The molecule has 0 aromatic heterocycles. The molecular weight excluding hydrogens is 819 g/mol. The van der Waals surface area contributed by atoms with Crippen molar-refractivity contribution in [3.63, 3.8) is 0 Å². The molecular formula is C55H54O6P2. The van der Waals surface area contributed by atoms with Crippen LogP contribution < -0.4 is 60.2 Å². The fourth-order valence-electron chi connectivity index (χ4n) is 11.5. The molecule has 1 spiro atoms. The summed E-state index contributed by atoms with van der Waals surface area (Å²) in [6.45, 7) is 16.8. The van der Waals surface area contributed by atoms with Gasteiger partial charge in [0.05, 0.1) is 26.4 Å². The largest absolute Gasteiger partial charge is 0.492 e. The van der Waals surface area contributed by atoms with Gasteiger partial charge >= 0.3 is 0 Å². The molecule has 6 aliphatic heterocycles. The van der Waals surface area contributed by atoms with Crippen molar-refractivity contribution in [3.8, 4) is 34.5 Å². The summed E-state index contributed by atoms with van der Waals surface area (Å²) in [6.07, 6.45) is 5.05. The third kappa shape index (κ3) is 6.33. The minimum absolute atomic E-state index is 0.287. The molecule has 0 N–H and O–H groups in total. The topological polar surface area (TPSA) is 55.4 Å². The Kier molecular flexibility index (Phi) is 9.10. The number of fused-ring (bicyclic) bond motifs is 6. The van der Waals surface area contributed by atoms with Gasteiger partial charge in [-0.15, -0.1) is 0 Å². The van der Waals surface area contributed by atoms with E-state index in [0.29, 0.717) is 39.3 Å². The van der Waals surface area contributed by atoms with Crippen LogP contribution >= 0.6 is 15.8 Å². The number of ether oxygens (including phenoxy) is 6. The van der Waals surface area contributed by atoms with Crippen LogP contribution in [0.25, 0.3) is 0 Å². The van der Waals surface area contributed by atoms with E-state index in [-0.39, 0.29) is 10.8 Å². The standard InChI is InChI=1S/C55H54O6P2/c1-33-27-39-51(45(29-33)62(41-15-7-11-35-19-23-56-47(35)41)42-16-8-12-36-20-24-57-48(36)42)60-55(31-53(39,3)4)32-54(5,6)40-28-34(2)30-46(52(40)61-55)63(43-17-9-13-37-21-25-58-49(37)43)44-18-10-14-38-22-26-59-50(38)44/h7-18,27-30H,19-26,31-32H2,1-6H3. The molecule has 0 bridgehead atoms. The van der Waals surface area contributed by atoms with Crippen LogP contribution in [0.5, 0.6) is 34.5 Å². The number of rotatable bonds is 6. The lowest BCUT2D eigenvalue weighted by Gasteiger charge is -2.52. The highest BCUT2D eigenvalue weighted by molar-refractivity contribution is 7.80. The Balaban J connectivity index is 1.07. The molecule has 6 heterocycles. The Labute approximate surface area is 373 Å². The van der Waals surface area contributed by atoms with E-state index >= 15 is 0 Å². The second-order valence-corrected chi connectivity index (χ2v) is 23.9. The Morgan fingerprint density at radius 1 is 0.397 bits per heavy atom. The maximum absolute atomic E-state index is 7.83. The second kappa shape index (κ2) is 14.5. The van der Waals surface area contributed by atoms with Gasteiger partial charge in [0.1, 0.15) is 34.5 Å². The quantitative estimate of drug-likeness (QED) is 0.156. The van der Waals surface area contributed by atoms with Gasteiger partial charge in [0.2, 0.25) is 0 Å². The summed E-state index contributed by atoms with van der Waals surface area (Å²) in [7, 11) is -2.36. The summed E-state index contributed by atoms with van der Waals surface area (Å²) in [5, 5.41) is 7.23. The molecule has 0 radical (unpaired) electrons. The molecule has 0 saturated heterocycles. The highest BCUT2D eigenvalue weighted by atomic mass is 31.1. The molecule has 6 aromatic rings. The summed E-state index contributed by atoms with van der Waals surface area (Å²) >= 11 is 0. The van der Waals surface area contributed by atoms with Crippen LogP contribution in [0.2, 0.25) is 0 Å². The fourth-order valence-corrected chi connectivity index (χ4v) is 17.0. The molecule has 0 atom stereocenters. The van der Waals surface area contributed by atoms with E-state index < -0.39 is 21.6 Å². The second-order valence-electron chi connectivity index (χ2n) is 19.7. The van der Waals surface area contributed by atoms with Crippen molar-refractivity contribution in [2.75, 3.05) is 26.4 Å². The van der Waals surface area contributed by atoms with Crippen molar-refractivity contribution in [3.05, 3.63) is 142 Å². The molecule has 0 saturated carbocycles. The fraction of sp³-hybridized carbons (Fsp3) is 0.345. The van der Waals surface area contributed by atoms with Gasteiger partial charge in [0.25, 0.3) is 5.79 Å². The molecule has 63 heavy (non-hydrogen) atoms. The number of aryl methyl sites for hydroxylation is 2. The zero-order valence-corrected chi connectivity index (χ0v) is 38.9. The van der Waals surface area contributed by atoms with E-state index in [1.807, 2.05) is 0 Å². The van der Waals surface area contributed by atoms with Crippen LogP contribution in [0.1, 0.15) is 85.0 Å². The highest BCUT2D eigenvalue weighted by Gasteiger charge is 2.55. The molecule has 0 amide bonds. The first-order valence-electron chi connectivity index (χ1n) is 22.7.